The number of fused-ring (bicyclic) bond motifs is 1. The molecule has 1 aliphatic heterocycles. The summed E-state index contributed by atoms with van der Waals surface area (Å²) in [4.78, 5) is 4.75. The Bertz CT molecular complexity index is 806. The first-order chi connectivity index (χ1) is 10.8. The van der Waals surface area contributed by atoms with E-state index in [0.29, 0.717) is 6.10 Å². The molecule has 1 aliphatic rings. The molecule has 1 aromatic heterocycles. The van der Waals surface area contributed by atoms with Crippen molar-refractivity contribution < 1.29 is 4.74 Å². The maximum absolute atomic E-state index is 6.03. The molecule has 0 radical (unpaired) electrons. The highest BCUT2D eigenvalue weighted by Crippen LogP contribution is 2.33. The zero-order chi connectivity index (χ0) is 14.9. The Morgan fingerprint density at radius 3 is 3.00 bits per heavy atom. The third kappa shape index (κ3) is 2.72. The van der Waals surface area contributed by atoms with Gasteiger partial charge in [0.05, 0.1) is 10.2 Å². The van der Waals surface area contributed by atoms with Crippen LogP contribution in [0.4, 0.5) is 0 Å². The van der Waals surface area contributed by atoms with Crippen molar-refractivity contribution in [1.29, 1.82) is 0 Å². The number of hydrogen-bond donors (Lipinski definition) is 1. The van der Waals surface area contributed by atoms with Gasteiger partial charge in [0.15, 0.2) is 0 Å². The Morgan fingerprint density at radius 2 is 2.18 bits per heavy atom. The third-order valence-corrected chi connectivity index (χ3v) is 5.01. The number of nitrogens with zero attached hydrogens (tertiary/aromatic N) is 1. The average Bonchev–Trinajstić information content (AvgIpc) is 3.16. The Morgan fingerprint density at radius 1 is 1.23 bits per heavy atom. The molecule has 1 unspecified atom stereocenters. The fourth-order valence-corrected chi connectivity index (χ4v) is 3.79. The molecule has 2 heterocycles. The minimum atomic E-state index is 0.293. The molecular formula is C18H18N2OS. The van der Waals surface area contributed by atoms with Gasteiger partial charge < -0.3 is 10.1 Å². The smallest absolute Gasteiger partial charge is 0.124 e. The second-order valence-electron chi connectivity index (χ2n) is 5.75. The molecule has 3 aromatic rings. The molecule has 1 atom stereocenters. The van der Waals surface area contributed by atoms with Crippen molar-refractivity contribution in [3.8, 4) is 16.3 Å². The van der Waals surface area contributed by atoms with Gasteiger partial charge in [0.25, 0.3) is 0 Å². The predicted octanol–water partition coefficient (Wildman–Crippen LogP) is 4.01. The molecule has 2 aromatic carbocycles. The van der Waals surface area contributed by atoms with Crippen LogP contribution in [0.3, 0.4) is 0 Å². The Hall–Kier alpha value is -1.91. The summed E-state index contributed by atoms with van der Waals surface area (Å²) in [7, 11) is 0. The lowest BCUT2D eigenvalue weighted by molar-refractivity contribution is 0.223. The summed E-state index contributed by atoms with van der Waals surface area (Å²) in [5.74, 6) is 0.945. The lowest BCUT2D eigenvalue weighted by atomic mass is 10.1. The van der Waals surface area contributed by atoms with Crippen molar-refractivity contribution in [1.82, 2.24) is 10.3 Å². The van der Waals surface area contributed by atoms with Crippen LogP contribution >= 0.6 is 11.3 Å². The van der Waals surface area contributed by atoms with E-state index in [0.717, 1.165) is 35.8 Å². The van der Waals surface area contributed by atoms with Crippen LogP contribution in [0.1, 0.15) is 12.0 Å². The first-order valence-electron chi connectivity index (χ1n) is 7.63. The maximum Gasteiger partial charge on any atom is 0.124 e. The van der Waals surface area contributed by atoms with Crippen LogP contribution in [0.2, 0.25) is 0 Å². The SMILES string of the molecule is Cc1cccc(-c2nc3ccc(OC4CCNC4)cc3s2)c1. The van der Waals surface area contributed by atoms with Crippen molar-refractivity contribution >= 4 is 21.6 Å². The highest BCUT2D eigenvalue weighted by molar-refractivity contribution is 7.21. The number of hydrogen-bond acceptors (Lipinski definition) is 4. The van der Waals surface area contributed by atoms with Crippen LogP contribution in [0.5, 0.6) is 5.75 Å². The number of rotatable bonds is 3. The van der Waals surface area contributed by atoms with Crippen LogP contribution in [0, 0.1) is 6.92 Å². The molecular weight excluding hydrogens is 292 g/mol. The highest BCUT2D eigenvalue weighted by atomic mass is 32.1. The molecule has 4 rings (SSSR count). The molecule has 1 fully saturated rings. The van der Waals surface area contributed by atoms with Gasteiger partial charge in [-0.15, -0.1) is 11.3 Å². The molecule has 0 saturated carbocycles. The van der Waals surface area contributed by atoms with E-state index < -0.39 is 0 Å². The van der Waals surface area contributed by atoms with E-state index >= 15 is 0 Å². The number of benzene rings is 2. The van der Waals surface area contributed by atoms with Crippen LogP contribution in [-0.2, 0) is 0 Å². The van der Waals surface area contributed by atoms with E-state index in [1.165, 1.54) is 15.8 Å². The molecule has 3 nitrogen and oxygen atoms in total. The van der Waals surface area contributed by atoms with Gasteiger partial charge in [-0.2, -0.15) is 0 Å². The second kappa shape index (κ2) is 5.71. The summed E-state index contributed by atoms with van der Waals surface area (Å²) in [6.45, 7) is 4.10. The zero-order valence-electron chi connectivity index (χ0n) is 12.5. The number of aromatic nitrogens is 1. The van der Waals surface area contributed by atoms with Crippen LogP contribution < -0.4 is 10.1 Å². The Labute approximate surface area is 134 Å². The van der Waals surface area contributed by atoms with E-state index in [2.05, 4.69) is 48.6 Å². The molecule has 0 spiro atoms. The van der Waals surface area contributed by atoms with Crippen molar-refractivity contribution in [3.05, 3.63) is 48.0 Å². The van der Waals surface area contributed by atoms with E-state index in [1.807, 2.05) is 6.07 Å². The summed E-state index contributed by atoms with van der Waals surface area (Å²) in [6, 6.07) is 14.7. The van der Waals surface area contributed by atoms with Crippen LogP contribution in [-0.4, -0.2) is 24.2 Å². The van der Waals surface area contributed by atoms with Crippen molar-refractivity contribution in [3.63, 3.8) is 0 Å². The standard InChI is InChI=1S/C18H18N2OS/c1-12-3-2-4-13(9-12)18-20-16-6-5-14(10-17(16)22-18)21-15-7-8-19-11-15/h2-6,9-10,15,19H,7-8,11H2,1H3. The molecule has 22 heavy (non-hydrogen) atoms. The molecule has 0 amide bonds. The third-order valence-electron chi connectivity index (χ3n) is 3.94. The van der Waals surface area contributed by atoms with Gasteiger partial charge in [-0.05, 0) is 44.2 Å². The summed E-state index contributed by atoms with van der Waals surface area (Å²) in [6.07, 6.45) is 1.37. The van der Waals surface area contributed by atoms with Gasteiger partial charge in [-0.1, -0.05) is 23.8 Å². The molecule has 1 N–H and O–H groups in total. The predicted molar refractivity (Wildman–Crippen MR) is 91.7 cm³/mol. The lowest BCUT2D eigenvalue weighted by Crippen LogP contribution is -2.19. The van der Waals surface area contributed by atoms with Gasteiger partial charge in [0.2, 0.25) is 0 Å². The number of nitrogens with one attached hydrogen (secondary N) is 1. The summed E-state index contributed by atoms with van der Waals surface area (Å²) < 4.78 is 7.21. The lowest BCUT2D eigenvalue weighted by Gasteiger charge is -2.11. The topological polar surface area (TPSA) is 34.1 Å². The monoisotopic (exact) mass is 310 g/mol. The van der Waals surface area contributed by atoms with Crippen LogP contribution in [0.15, 0.2) is 42.5 Å². The van der Waals surface area contributed by atoms with Crippen molar-refractivity contribution in [2.45, 2.75) is 19.4 Å². The zero-order valence-corrected chi connectivity index (χ0v) is 13.3. The van der Waals surface area contributed by atoms with Crippen molar-refractivity contribution in [2.75, 3.05) is 13.1 Å². The molecule has 4 heteroatoms. The number of ether oxygens (including phenoxy) is 1. The van der Waals surface area contributed by atoms with Crippen molar-refractivity contribution in [2.24, 2.45) is 0 Å². The average molecular weight is 310 g/mol. The molecule has 112 valence electrons. The quantitative estimate of drug-likeness (QED) is 0.793. The fraction of sp³-hybridized carbons (Fsp3) is 0.278. The Balaban J connectivity index is 1.65. The van der Waals surface area contributed by atoms with Gasteiger partial charge >= 0.3 is 0 Å². The first-order valence-corrected chi connectivity index (χ1v) is 8.44. The van der Waals surface area contributed by atoms with E-state index in [-0.39, 0.29) is 0 Å². The normalized spacial score (nSPS) is 18.0. The first kappa shape index (κ1) is 13.7. The Kier molecular flexibility index (Phi) is 3.56. The van der Waals surface area contributed by atoms with Gasteiger partial charge in [0, 0.05) is 12.1 Å². The van der Waals surface area contributed by atoms with E-state index in [4.69, 9.17) is 9.72 Å². The molecule has 0 bridgehead atoms. The maximum atomic E-state index is 6.03. The minimum absolute atomic E-state index is 0.293. The number of aryl methyl sites for hydroxylation is 1. The summed E-state index contributed by atoms with van der Waals surface area (Å²) in [5.41, 5.74) is 3.48. The summed E-state index contributed by atoms with van der Waals surface area (Å²) >= 11 is 1.72. The van der Waals surface area contributed by atoms with E-state index in [1.54, 1.807) is 11.3 Å². The largest absolute Gasteiger partial charge is 0.489 e. The minimum Gasteiger partial charge on any atom is -0.489 e. The molecule has 0 aliphatic carbocycles. The van der Waals surface area contributed by atoms with Gasteiger partial charge in [-0.3, -0.25) is 0 Å². The highest BCUT2D eigenvalue weighted by Gasteiger charge is 2.16. The summed E-state index contributed by atoms with van der Waals surface area (Å²) in [5, 5.41) is 4.39. The molecule has 1 saturated heterocycles. The van der Waals surface area contributed by atoms with E-state index in [9.17, 15) is 0 Å². The van der Waals surface area contributed by atoms with Crippen LogP contribution in [0.25, 0.3) is 20.8 Å². The fourth-order valence-electron chi connectivity index (χ4n) is 2.80. The number of thiazole rings is 1. The second-order valence-corrected chi connectivity index (χ2v) is 6.78. The van der Waals surface area contributed by atoms with Gasteiger partial charge in [0.1, 0.15) is 16.9 Å². The van der Waals surface area contributed by atoms with Gasteiger partial charge in [-0.25, -0.2) is 4.98 Å².